The lowest BCUT2D eigenvalue weighted by molar-refractivity contribution is 0.0651. The van der Waals surface area contributed by atoms with Gasteiger partial charge in [-0.05, 0) is 45.6 Å². The van der Waals surface area contributed by atoms with Crippen molar-refractivity contribution in [3.05, 3.63) is 73.6 Å². The van der Waals surface area contributed by atoms with Crippen LogP contribution in [-0.2, 0) is 6.54 Å². The standard InChI is InChI=1S/C26H28N4O4/c1-3-30-23-21(24(32)28-26(30)34)19(14-20(27-23)16-8-9-16)25(33)29-12-10-18(11-13-29)22(31)17-6-4-15(2)5-7-17/h4-7,14,16,18H,3,8-13H2,1-2H3,(H,28,32,34). The van der Waals surface area contributed by atoms with Crippen LogP contribution in [0.25, 0.3) is 11.0 Å². The monoisotopic (exact) mass is 460 g/mol. The Balaban J connectivity index is 1.44. The van der Waals surface area contributed by atoms with E-state index in [1.165, 1.54) is 4.57 Å². The number of Topliss-reactive ketones (excluding diaryl/α,β-unsaturated/α-hetero) is 1. The smallest absolute Gasteiger partial charge is 0.329 e. The van der Waals surface area contributed by atoms with Crippen molar-refractivity contribution in [1.29, 1.82) is 0 Å². The summed E-state index contributed by atoms with van der Waals surface area (Å²) in [4.78, 5) is 60.3. The van der Waals surface area contributed by atoms with Crippen LogP contribution in [0.15, 0.2) is 39.9 Å². The van der Waals surface area contributed by atoms with Gasteiger partial charge in [-0.25, -0.2) is 9.78 Å². The number of aromatic amines is 1. The topological polar surface area (TPSA) is 105 Å². The minimum atomic E-state index is -0.590. The van der Waals surface area contributed by atoms with E-state index >= 15 is 0 Å². The van der Waals surface area contributed by atoms with Crippen LogP contribution >= 0.6 is 0 Å². The number of benzene rings is 1. The maximum Gasteiger partial charge on any atom is 0.329 e. The molecule has 1 saturated heterocycles. The van der Waals surface area contributed by atoms with Crippen molar-refractivity contribution in [2.75, 3.05) is 13.1 Å². The first-order valence-corrected chi connectivity index (χ1v) is 11.9. The largest absolute Gasteiger partial charge is 0.339 e. The second kappa shape index (κ2) is 8.66. The Morgan fingerprint density at radius 1 is 1.06 bits per heavy atom. The number of aryl methyl sites for hydroxylation is 2. The van der Waals surface area contributed by atoms with Crippen LogP contribution in [0.1, 0.15) is 70.5 Å². The molecule has 1 aromatic carbocycles. The Morgan fingerprint density at radius 3 is 2.35 bits per heavy atom. The average Bonchev–Trinajstić information content (AvgIpc) is 3.69. The highest BCUT2D eigenvalue weighted by Gasteiger charge is 2.32. The Labute approximate surface area is 196 Å². The third-order valence-electron chi connectivity index (χ3n) is 7.00. The summed E-state index contributed by atoms with van der Waals surface area (Å²) in [5.41, 5.74) is 2.02. The van der Waals surface area contributed by atoms with Crippen LogP contribution in [0, 0.1) is 12.8 Å². The Morgan fingerprint density at radius 2 is 1.74 bits per heavy atom. The molecule has 0 bridgehead atoms. The predicted molar refractivity (Wildman–Crippen MR) is 128 cm³/mol. The van der Waals surface area contributed by atoms with Gasteiger partial charge in [-0.1, -0.05) is 29.8 Å². The predicted octanol–water partition coefficient (Wildman–Crippen LogP) is 3.03. The van der Waals surface area contributed by atoms with E-state index in [2.05, 4.69) is 9.97 Å². The molecule has 5 rings (SSSR count). The molecule has 176 valence electrons. The van der Waals surface area contributed by atoms with Crippen molar-refractivity contribution < 1.29 is 9.59 Å². The van der Waals surface area contributed by atoms with Gasteiger partial charge in [0.15, 0.2) is 11.4 Å². The van der Waals surface area contributed by atoms with Crippen molar-refractivity contribution in [2.45, 2.75) is 52.0 Å². The summed E-state index contributed by atoms with van der Waals surface area (Å²) in [5.74, 6) is -0.00613. The minimum Gasteiger partial charge on any atom is -0.339 e. The van der Waals surface area contributed by atoms with Gasteiger partial charge >= 0.3 is 5.69 Å². The number of fused-ring (bicyclic) bond motifs is 1. The zero-order valence-electron chi connectivity index (χ0n) is 19.5. The van der Waals surface area contributed by atoms with Crippen LogP contribution in [0.3, 0.4) is 0 Å². The second-order valence-corrected chi connectivity index (χ2v) is 9.37. The first kappa shape index (κ1) is 22.3. The molecule has 3 aromatic rings. The van der Waals surface area contributed by atoms with Crippen LogP contribution in [0.2, 0.25) is 0 Å². The van der Waals surface area contributed by atoms with Crippen LogP contribution < -0.4 is 11.2 Å². The Kier molecular flexibility index (Phi) is 5.67. The zero-order chi connectivity index (χ0) is 24.0. The Bertz CT molecular complexity index is 1390. The molecule has 0 atom stereocenters. The molecular formula is C26H28N4O4. The van der Waals surface area contributed by atoms with Gasteiger partial charge in [-0.15, -0.1) is 0 Å². The van der Waals surface area contributed by atoms with E-state index in [1.54, 1.807) is 11.0 Å². The highest BCUT2D eigenvalue weighted by molar-refractivity contribution is 6.05. The second-order valence-electron chi connectivity index (χ2n) is 9.37. The van der Waals surface area contributed by atoms with E-state index in [4.69, 9.17) is 0 Å². The number of H-pyrrole nitrogens is 1. The van der Waals surface area contributed by atoms with Gasteiger partial charge in [0.1, 0.15) is 0 Å². The third kappa shape index (κ3) is 3.97. The van der Waals surface area contributed by atoms with E-state index in [1.807, 2.05) is 38.1 Å². The number of hydrogen-bond donors (Lipinski definition) is 1. The summed E-state index contributed by atoms with van der Waals surface area (Å²) in [7, 11) is 0. The van der Waals surface area contributed by atoms with Crippen LogP contribution in [0.5, 0.6) is 0 Å². The molecule has 1 aliphatic carbocycles. The lowest BCUT2D eigenvalue weighted by atomic mass is 9.88. The van der Waals surface area contributed by atoms with Gasteiger partial charge < -0.3 is 4.90 Å². The van der Waals surface area contributed by atoms with E-state index in [9.17, 15) is 19.2 Å². The summed E-state index contributed by atoms with van der Waals surface area (Å²) in [6, 6.07) is 9.32. The molecule has 8 nitrogen and oxygen atoms in total. The molecule has 34 heavy (non-hydrogen) atoms. The van der Waals surface area contributed by atoms with Crippen LogP contribution in [-0.4, -0.2) is 44.2 Å². The van der Waals surface area contributed by atoms with Crippen molar-refractivity contribution in [1.82, 2.24) is 19.4 Å². The van der Waals surface area contributed by atoms with Crippen molar-refractivity contribution in [2.24, 2.45) is 5.92 Å². The zero-order valence-corrected chi connectivity index (χ0v) is 19.5. The molecule has 0 unspecified atom stereocenters. The molecule has 1 amide bonds. The SMILES string of the molecule is CCn1c(=O)[nH]c(=O)c2c(C(=O)N3CCC(C(=O)c4ccc(C)cc4)CC3)cc(C3CC3)nc21. The molecule has 1 saturated carbocycles. The molecule has 0 radical (unpaired) electrons. The summed E-state index contributed by atoms with van der Waals surface area (Å²) < 4.78 is 1.41. The van der Waals surface area contributed by atoms with Gasteiger partial charge in [0.05, 0.1) is 10.9 Å². The number of nitrogens with one attached hydrogen (secondary N) is 1. The number of rotatable bonds is 5. The summed E-state index contributed by atoms with van der Waals surface area (Å²) >= 11 is 0. The number of ketones is 1. The number of piperidine rings is 1. The fourth-order valence-corrected chi connectivity index (χ4v) is 4.81. The van der Waals surface area contributed by atoms with Crippen molar-refractivity contribution >= 4 is 22.7 Å². The molecule has 0 spiro atoms. The number of amides is 1. The number of aromatic nitrogens is 3. The highest BCUT2D eigenvalue weighted by atomic mass is 16.2. The summed E-state index contributed by atoms with van der Waals surface area (Å²) in [6.45, 7) is 5.01. The van der Waals surface area contributed by atoms with Gasteiger partial charge in [0.2, 0.25) is 0 Å². The third-order valence-corrected chi connectivity index (χ3v) is 7.00. The summed E-state index contributed by atoms with van der Waals surface area (Å²) in [6.07, 6.45) is 3.12. The van der Waals surface area contributed by atoms with Gasteiger partial charge in [-0.3, -0.25) is 23.9 Å². The maximum atomic E-state index is 13.6. The minimum absolute atomic E-state index is 0.112. The van der Waals surface area contributed by atoms with Gasteiger partial charge in [0, 0.05) is 42.7 Å². The normalized spacial score (nSPS) is 16.7. The quantitative estimate of drug-likeness (QED) is 0.589. The maximum absolute atomic E-state index is 13.6. The number of carbonyl (C=O) groups excluding carboxylic acids is 2. The number of hydrogen-bond acceptors (Lipinski definition) is 5. The lowest BCUT2D eigenvalue weighted by Crippen LogP contribution is -2.41. The van der Waals surface area contributed by atoms with E-state index in [0.717, 1.165) is 24.1 Å². The fourth-order valence-electron chi connectivity index (χ4n) is 4.81. The van der Waals surface area contributed by atoms with Gasteiger partial charge in [0.25, 0.3) is 11.5 Å². The lowest BCUT2D eigenvalue weighted by Gasteiger charge is -2.31. The van der Waals surface area contributed by atoms with Crippen LogP contribution in [0.4, 0.5) is 0 Å². The molecule has 3 heterocycles. The fraction of sp³-hybridized carbons (Fsp3) is 0.423. The number of carbonyl (C=O) groups is 2. The molecule has 1 N–H and O–H groups in total. The van der Waals surface area contributed by atoms with Gasteiger partial charge in [-0.2, -0.15) is 0 Å². The molecule has 2 fully saturated rings. The number of pyridine rings is 1. The van der Waals surface area contributed by atoms with Crippen molar-refractivity contribution in [3.8, 4) is 0 Å². The average molecular weight is 461 g/mol. The Hall–Kier alpha value is -3.55. The van der Waals surface area contributed by atoms with E-state index in [-0.39, 0.29) is 34.6 Å². The molecule has 2 aromatic heterocycles. The number of nitrogens with zero attached hydrogens (tertiary/aromatic N) is 3. The van der Waals surface area contributed by atoms with E-state index < -0.39 is 11.2 Å². The number of likely N-dealkylation sites (tertiary alicyclic amines) is 1. The summed E-state index contributed by atoms with van der Waals surface area (Å²) in [5, 5.41) is 0.161. The molecular weight excluding hydrogens is 432 g/mol. The van der Waals surface area contributed by atoms with Crippen molar-refractivity contribution in [3.63, 3.8) is 0 Å². The molecule has 1 aliphatic heterocycles. The molecule has 2 aliphatic rings. The molecule has 8 heteroatoms. The first-order chi connectivity index (χ1) is 16.4. The van der Waals surface area contributed by atoms with E-state index in [0.29, 0.717) is 43.6 Å². The highest BCUT2D eigenvalue weighted by Crippen LogP contribution is 2.40. The first-order valence-electron chi connectivity index (χ1n) is 11.9.